The van der Waals surface area contributed by atoms with E-state index in [4.69, 9.17) is 4.74 Å². The first-order valence-electron chi connectivity index (χ1n) is 11.5. The van der Waals surface area contributed by atoms with Gasteiger partial charge in [0.05, 0.1) is 29.8 Å². The van der Waals surface area contributed by atoms with Crippen molar-refractivity contribution >= 4 is 29.5 Å². The normalized spacial score (nSPS) is 33.5. The van der Waals surface area contributed by atoms with Crippen LogP contribution in [0.25, 0.3) is 0 Å². The van der Waals surface area contributed by atoms with E-state index in [0.717, 1.165) is 25.7 Å². The predicted molar refractivity (Wildman–Crippen MR) is 120 cm³/mol. The van der Waals surface area contributed by atoms with Gasteiger partial charge in [-0.3, -0.25) is 14.4 Å². The molecule has 0 aliphatic carbocycles. The van der Waals surface area contributed by atoms with E-state index in [0.29, 0.717) is 13.1 Å². The van der Waals surface area contributed by atoms with E-state index < -0.39 is 22.6 Å². The fourth-order valence-electron chi connectivity index (χ4n) is 5.83. The van der Waals surface area contributed by atoms with Crippen molar-refractivity contribution in [3.63, 3.8) is 0 Å². The largest absolute Gasteiger partial charge is 0.466 e. The summed E-state index contributed by atoms with van der Waals surface area (Å²) < 4.78 is 4.67. The van der Waals surface area contributed by atoms with Crippen LogP contribution in [0.2, 0.25) is 0 Å². The molecule has 174 valence electrons. The molecule has 0 aromatic heterocycles. The molecule has 3 unspecified atom stereocenters. The number of β-amino-alcohol motifs (C(OH)–C–C–N with tert-alkyl or cyclic N) is 1. The van der Waals surface area contributed by atoms with E-state index >= 15 is 0 Å². The van der Waals surface area contributed by atoms with Gasteiger partial charge in [-0.05, 0) is 25.7 Å². The summed E-state index contributed by atoms with van der Waals surface area (Å²) in [6, 6.07) is -0.678. The number of ether oxygens (including phenoxy) is 1. The average molecular weight is 453 g/mol. The van der Waals surface area contributed by atoms with E-state index in [2.05, 4.69) is 20.4 Å². The highest BCUT2D eigenvalue weighted by molar-refractivity contribution is 8.02. The van der Waals surface area contributed by atoms with Gasteiger partial charge in [-0.1, -0.05) is 32.8 Å². The van der Waals surface area contributed by atoms with Crippen LogP contribution in [0.4, 0.5) is 0 Å². The van der Waals surface area contributed by atoms with Crippen molar-refractivity contribution in [3.8, 4) is 0 Å². The topological polar surface area (TPSA) is 87.2 Å². The molecule has 31 heavy (non-hydrogen) atoms. The van der Waals surface area contributed by atoms with Crippen molar-refractivity contribution in [2.24, 2.45) is 17.8 Å². The van der Waals surface area contributed by atoms with Crippen LogP contribution < -0.4 is 0 Å². The lowest BCUT2D eigenvalue weighted by molar-refractivity contribution is -0.154. The first-order chi connectivity index (χ1) is 14.9. The monoisotopic (exact) mass is 452 g/mol. The molecular weight excluding hydrogens is 416 g/mol. The number of aliphatic hydroxyl groups is 1. The van der Waals surface area contributed by atoms with Gasteiger partial charge >= 0.3 is 5.97 Å². The second kappa shape index (κ2) is 9.94. The van der Waals surface area contributed by atoms with Gasteiger partial charge in [0.2, 0.25) is 11.8 Å². The average Bonchev–Trinajstić information content (AvgIpc) is 3.32. The van der Waals surface area contributed by atoms with E-state index in [-0.39, 0.29) is 48.7 Å². The van der Waals surface area contributed by atoms with Gasteiger partial charge in [-0.15, -0.1) is 18.3 Å². The Morgan fingerprint density at radius 2 is 2.13 bits per heavy atom. The zero-order valence-electron chi connectivity index (χ0n) is 18.9. The summed E-state index contributed by atoms with van der Waals surface area (Å²) in [5.74, 6) is -1.62. The van der Waals surface area contributed by atoms with Crippen molar-refractivity contribution < 1.29 is 24.2 Å². The van der Waals surface area contributed by atoms with Gasteiger partial charge in [-0.25, -0.2) is 0 Å². The predicted octanol–water partition coefficient (Wildman–Crippen LogP) is 2.08. The van der Waals surface area contributed by atoms with Gasteiger partial charge in [0.15, 0.2) is 0 Å². The number of aliphatic hydroxyl groups excluding tert-OH is 1. The molecule has 1 spiro atoms. The molecular formula is C23H36N2O5S. The second-order valence-corrected chi connectivity index (χ2v) is 10.4. The van der Waals surface area contributed by atoms with Crippen LogP contribution in [0.5, 0.6) is 0 Å². The zero-order valence-corrected chi connectivity index (χ0v) is 19.7. The number of rotatable bonds is 11. The second-order valence-electron chi connectivity index (χ2n) is 8.84. The quantitative estimate of drug-likeness (QED) is 0.293. The number of likely N-dealkylation sites (tertiary alicyclic amines) is 1. The third kappa shape index (κ3) is 3.90. The Bertz CT molecular complexity index is 716. The Morgan fingerprint density at radius 3 is 2.74 bits per heavy atom. The van der Waals surface area contributed by atoms with Gasteiger partial charge in [0.1, 0.15) is 6.04 Å². The number of hydrogen-bond donors (Lipinski definition) is 1. The SMILES string of the molecule is C=CCN(CCCCC)C(=O)C1N(CCO)C(=O)[C@@H]2[C@@H](C(=O)OCC)[C@H]3CC(C)C12S3. The molecule has 3 aliphatic rings. The molecule has 0 aromatic rings. The Morgan fingerprint density at radius 1 is 1.39 bits per heavy atom. The number of fused-ring (bicyclic) bond motifs is 1. The summed E-state index contributed by atoms with van der Waals surface area (Å²) in [4.78, 5) is 43.6. The van der Waals surface area contributed by atoms with Gasteiger partial charge in [0, 0.05) is 24.9 Å². The van der Waals surface area contributed by atoms with Crippen molar-refractivity contribution in [2.45, 2.75) is 62.5 Å². The summed E-state index contributed by atoms with van der Waals surface area (Å²) in [6.45, 7) is 11.0. The molecule has 0 radical (unpaired) electrons. The van der Waals surface area contributed by atoms with E-state index in [1.54, 1.807) is 34.6 Å². The summed E-state index contributed by atoms with van der Waals surface area (Å²) in [5.41, 5.74) is 0. The lowest BCUT2D eigenvalue weighted by atomic mass is 9.66. The molecule has 1 N–H and O–H groups in total. The highest BCUT2D eigenvalue weighted by Gasteiger charge is 2.76. The number of hydrogen-bond acceptors (Lipinski definition) is 6. The molecule has 7 nitrogen and oxygen atoms in total. The van der Waals surface area contributed by atoms with E-state index in [1.807, 2.05) is 0 Å². The fourth-order valence-corrected chi connectivity index (χ4v) is 8.23. The number of unbranched alkanes of at least 4 members (excludes halogenated alkanes) is 2. The number of carbonyl (C=O) groups is 3. The molecule has 2 bridgehead atoms. The highest BCUT2D eigenvalue weighted by Crippen LogP contribution is 2.68. The zero-order chi connectivity index (χ0) is 22.8. The third-order valence-electron chi connectivity index (χ3n) is 7.07. The first-order valence-corrected chi connectivity index (χ1v) is 12.4. The minimum absolute atomic E-state index is 0.0116. The standard InChI is InChI=1S/C23H36N2O5S/c1-5-8-9-11-24(10-6-2)21(28)19-23-15(4)14-16(31-23)17(22(29)30-7-3)18(23)20(27)25(19)12-13-26/h6,15-19,26H,2,5,7-14H2,1,3-4H3/t15?,16-,17+,18+,19?,23?/m1/s1. The van der Waals surface area contributed by atoms with Crippen LogP contribution >= 0.6 is 11.8 Å². The van der Waals surface area contributed by atoms with Crippen molar-refractivity contribution in [3.05, 3.63) is 12.7 Å². The number of nitrogens with zero attached hydrogens (tertiary/aromatic N) is 2. The Balaban J connectivity index is 1.99. The Hall–Kier alpha value is -1.54. The smallest absolute Gasteiger partial charge is 0.310 e. The summed E-state index contributed by atoms with van der Waals surface area (Å²) in [5, 5.41) is 9.67. The van der Waals surface area contributed by atoms with E-state index in [9.17, 15) is 19.5 Å². The number of carbonyl (C=O) groups excluding carboxylic acids is 3. The molecule has 8 heteroatoms. The summed E-state index contributed by atoms with van der Waals surface area (Å²) >= 11 is 1.64. The van der Waals surface area contributed by atoms with Gasteiger partial charge < -0.3 is 19.6 Å². The minimum Gasteiger partial charge on any atom is -0.466 e. The maximum absolute atomic E-state index is 13.9. The number of esters is 1. The maximum atomic E-state index is 13.9. The lowest BCUT2D eigenvalue weighted by Crippen LogP contribution is -2.57. The molecule has 3 heterocycles. The molecule has 3 rings (SSSR count). The number of thioether (sulfide) groups is 1. The molecule has 0 aromatic carbocycles. The van der Waals surface area contributed by atoms with E-state index in [1.165, 1.54) is 0 Å². The van der Waals surface area contributed by atoms with Crippen LogP contribution in [-0.4, -0.2) is 81.6 Å². The van der Waals surface area contributed by atoms with Crippen molar-refractivity contribution in [2.75, 3.05) is 32.8 Å². The van der Waals surface area contributed by atoms with Gasteiger partial charge in [0.25, 0.3) is 0 Å². The molecule has 2 amide bonds. The molecule has 3 aliphatic heterocycles. The van der Waals surface area contributed by atoms with Crippen LogP contribution in [-0.2, 0) is 19.1 Å². The van der Waals surface area contributed by atoms with Crippen LogP contribution in [0.1, 0.15) is 46.5 Å². The fraction of sp³-hybridized carbons (Fsp3) is 0.783. The Labute approximate surface area is 189 Å². The third-order valence-corrected chi connectivity index (χ3v) is 9.15. The highest BCUT2D eigenvalue weighted by atomic mass is 32.2. The van der Waals surface area contributed by atoms with Crippen molar-refractivity contribution in [1.29, 1.82) is 0 Å². The van der Waals surface area contributed by atoms with Crippen molar-refractivity contribution in [1.82, 2.24) is 9.80 Å². The first kappa shape index (κ1) is 24.1. The van der Waals surface area contributed by atoms with Crippen LogP contribution in [0.3, 0.4) is 0 Å². The minimum atomic E-state index is -0.678. The lowest BCUT2D eigenvalue weighted by Gasteiger charge is -2.40. The summed E-state index contributed by atoms with van der Waals surface area (Å²) in [6.07, 6.45) is 5.47. The molecule has 0 saturated carbocycles. The molecule has 6 atom stereocenters. The molecule has 3 saturated heterocycles. The molecule has 3 fully saturated rings. The summed E-state index contributed by atoms with van der Waals surface area (Å²) in [7, 11) is 0. The van der Waals surface area contributed by atoms with Crippen LogP contribution in [0, 0.1) is 17.8 Å². The Kier molecular flexibility index (Phi) is 7.73. The van der Waals surface area contributed by atoms with Crippen LogP contribution in [0.15, 0.2) is 12.7 Å². The van der Waals surface area contributed by atoms with Gasteiger partial charge in [-0.2, -0.15) is 0 Å². The number of amides is 2. The maximum Gasteiger partial charge on any atom is 0.310 e.